The number of hydrogen-bond acceptors (Lipinski definition) is 2. The summed E-state index contributed by atoms with van der Waals surface area (Å²) in [5.41, 5.74) is 0. The molecule has 0 aliphatic heterocycles. The van der Waals surface area contributed by atoms with Gasteiger partial charge in [0, 0.05) is 14.0 Å². The molecule has 0 aromatic carbocycles. The minimum absolute atomic E-state index is 0.759. The third kappa shape index (κ3) is 28.3. The number of aliphatic hydroxyl groups is 2. The van der Waals surface area contributed by atoms with Crippen LogP contribution in [0.4, 0.5) is 0 Å². The van der Waals surface area contributed by atoms with Gasteiger partial charge in [0.25, 0.3) is 0 Å². The quantitative estimate of drug-likeness (QED) is 0.368. The molecule has 0 radical (unpaired) electrons. The Balaban J connectivity index is 0. The van der Waals surface area contributed by atoms with Gasteiger partial charge in [0.05, 0.1) is 0 Å². The van der Waals surface area contributed by atoms with E-state index >= 15 is 0 Å². The Morgan fingerprint density at radius 3 is 1.83 bits per heavy atom. The average Bonchev–Trinajstić information content (AvgIpc) is 1.72. The van der Waals surface area contributed by atoms with E-state index < -0.39 is 0 Å². The summed E-state index contributed by atoms with van der Waals surface area (Å²) in [6, 6.07) is 0. The van der Waals surface area contributed by atoms with Crippen LogP contribution in [0.2, 0.25) is 0 Å². The van der Waals surface area contributed by atoms with E-state index in [1.807, 2.05) is 6.92 Å². The van der Waals surface area contributed by atoms with Crippen molar-refractivity contribution in [3.05, 3.63) is 0 Å². The van der Waals surface area contributed by atoms with Crippen molar-refractivity contribution >= 4 is 12.9 Å². The standard InChI is InChI=1S/C2H6OS.CH4O/c1-2-3-4;1-2/h3H,2H2,1H3;2H,1H3. The van der Waals surface area contributed by atoms with Gasteiger partial charge < -0.3 is 22.2 Å². The second-order valence-corrected chi connectivity index (χ2v) is 0.704. The first-order chi connectivity index (χ1) is 2.91. The molecule has 6 heavy (non-hydrogen) atoms. The summed E-state index contributed by atoms with van der Waals surface area (Å²) in [5, 5.41) is 7.00. The van der Waals surface area contributed by atoms with Crippen molar-refractivity contribution in [2.45, 2.75) is 6.92 Å². The molecule has 0 atom stereocenters. The van der Waals surface area contributed by atoms with Crippen molar-refractivity contribution in [1.82, 2.24) is 0 Å². The monoisotopic (exact) mass is 110 g/mol. The van der Waals surface area contributed by atoms with Crippen molar-refractivity contribution in [1.29, 1.82) is 0 Å². The van der Waals surface area contributed by atoms with E-state index in [0.29, 0.717) is 0 Å². The van der Waals surface area contributed by atoms with Gasteiger partial charge >= 0.3 is 0 Å². The van der Waals surface area contributed by atoms with E-state index in [9.17, 15) is 0 Å². The third-order valence-corrected chi connectivity index (χ3v) is 0.387. The molecule has 0 saturated carbocycles. The largest absolute Gasteiger partial charge is 0.547 e. The molecule has 0 fully saturated rings. The number of aliphatic hydroxyl groups excluding tert-OH is 1. The highest BCUT2D eigenvalue weighted by molar-refractivity contribution is 7.52. The Kier molecular flexibility index (Phi) is 29.7. The second-order valence-electron chi connectivity index (χ2n) is 0.445. The highest BCUT2D eigenvalue weighted by Crippen LogP contribution is 1.47. The molecule has 2 N–H and O–H groups in total. The van der Waals surface area contributed by atoms with Crippen LogP contribution < -0.4 is 0 Å². The van der Waals surface area contributed by atoms with Gasteiger partial charge in [-0.15, -0.1) is 0 Å². The molecular formula is C3H10O2S. The summed E-state index contributed by atoms with van der Waals surface area (Å²) >= 11 is 4.18. The maximum atomic E-state index is 7.00. The topological polar surface area (TPSA) is 33.0 Å². The third-order valence-electron chi connectivity index (χ3n) is 0.129. The Morgan fingerprint density at radius 1 is 1.67 bits per heavy atom. The molecule has 0 aliphatic carbocycles. The lowest BCUT2D eigenvalue weighted by molar-refractivity contribution is 0.210. The predicted octanol–water partition coefficient (Wildman–Crippen LogP) is -0.395. The van der Waals surface area contributed by atoms with E-state index in [4.69, 9.17) is 5.11 Å². The summed E-state index contributed by atoms with van der Waals surface area (Å²) in [7, 11) is 1.00. The lowest BCUT2D eigenvalue weighted by atomic mass is 10.9. The molecule has 0 heterocycles. The molecule has 2 nitrogen and oxygen atoms in total. The zero-order valence-electron chi connectivity index (χ0n) is 4.01. The predicted molar refractivity (Wildman–Crippen MR) is 28.3 cm³/mol. The first-order valence-electron chi connectivity index (χ1n) is 1.65. The lowest BCUT2D eigenvalue weighted by Gasteiger charge is -1.88. The fraction of sp³-hybridized carbons (Fsp3) is 1.00. The zero-order chi connectivity index (χ0) is 5.41. The van der Waals surface area contributed by atoms with Crippen molar-refractivity contribution in [2.75, 3.05) is 13.7 Å². The maximum Gasteiger partial charge on any atom is 0.126 e. The molecule has 0 rings (SSSR count). The summed E-state index contributed by atoms with van der Waals surface area (Å²) in [4.78, 5) is 0. The highest BCUT2D eigenvalue weighted by Gasteiger charge is 1.48. The van der Waals surface area contributed by atoms with E-state index in [0.717, 1.165) is 13.7 Å². The number of rotatable bonds is 1. The molecule has 0 aromatic heterocycles. The fourth-order valence-electron chi connectivity index (χ4n) is 0. The molecule has 3 heteroatoms. The highest BCUT2D eigenvalue weighted by atomic mass is 32.1. The van der Waals surface area contributed by atoms with Crippen LogP contribution in [0, 0.1) is 0 Å². The minimum Gasteiger partial charge on any atom is -0.547 e. The van der Waals surface area contributed by atoms with Gasteiger partial charge in [-0.3, -0.25) is 0 Å². The first-order valence-corrected chi connectivity index (χ1v) is 2.02. The van der Waals surface area contributed by atoms with Crippen LogP contribution >= 0.6 is 0 Å². The van der Waals surface area contributed by atoms with Gasteiger partial charge in [0.2, 0.25) is 0 Å². The van der Waals surface area contributed by atoms with Crippen molar-refractivity contribution in [3.8, 4) is 0 Å². The maximum absolute atomic E-state index is 7.00. The Bertz CT molecular complexity index is 10.8. The minimum atomic E-state index is 0.759. The van der Waals surface area contributed by atoms with Crippen LogP contribution in [0.1, 0.15) is 6.92 Å². The van der Waals surface area contributed by atoms with Crippen molar-refractivity contribution in [2.24, 2.45) is 0 Å². The van der Waals surface area contributed by atoms with Crippen molar-refractivity contribution < 1.29 is 9.29 Å². The molecule has 0 aliphatic rings. The fourth-order valence-corrected chi connectivity index (χ4v) is 0. The van der Waals surface area contributed by atoms with Crippen LogP contribution in [0.15, 0.2) is 0 Å². The van der Waals surface area contributed by atoms with E-state index in [1.54, 1.807) is 0 Å². The summed E-state index contributed by atoms with van der Waals surface area (Å²) in [5.74, 6) is 0. The van der Waals surface area contributed by atoms with E-state index in [2.05, 4.69) is 17.1 Å². The Hall–Kier alpha value is 0.270. The molecule has 0 aromatic rings. The molecule has 0 amide bonds. The van der Waals surface area contributed by atoms with Gasteiger partial charge in [0.15, 0.2) is 0 Å². The smallest absolute Gasteiger partial charge is 0.126 e. The van der Waals surface area contributed by atoms with E-state index in [1.165, 1.54) is 0 Å². The van der Waals surface area contributed by atoms with Crippen LogP contribution in [0.5, 0.6) is 0 Å². The average molecular weight is 110 g/mol. The van der Waals surface area contributed by atoms with Crippen LogP contribution in [-0.2, 0) is 12.9 Å². The van der Waals surface area contributed by atoms with Gasteiger partial charge in [-0.25, -0.2) is 0 Å². The molecule has 0 bridgehead atoms. The normalized spacial score (nSPS) is 6.00. The summed E-state index contributed by atoms with van der Waals surface area (Å²) in [6.45, 7) is 2.67. The summed E-state index contributed by atoms with van der Waals surface area (Å²) in [6.07, 6.45) is 0. The van der Waals surface area contributed by atoms with Gasteiger partial charge in [0.1, 0.15) is 6.61 Å². The second kappa shape index (κ2) is 18.6. The molecular weight excluding hydrogens is 100 g/mol. The van der Waals surface area contributed by atoms with Gasteiger partial charge in [-0.1, -0.05) is 0 Å². The SMILES string of the molecule is CC[OH+][S-].CO. The molecule has 0 spiro atoms. The van der Waals surface area contributed by atoms with Crippen LogP contribution in [-0.4, -0.2) is 23.0 Å². The van der Waals surface area contributed by atoms with Gasteiger partial charge in [-0.05, 0) is 0 Å². The van der Waals surface area contributed by atoms with E-state index in [-0.39, 0.29) is 0 Å². The first kappa shape index (κ1) is 9.55. The van der Waals surface area contributed by atoms with Crippen LogP contribution in [0.25, 0.3) is 0 Å². The number of hydrogen-bond donors (Lipinski definition) is 1. The van der Waals surface area contributed by atoms with Crippen LogP contribution in [0.3, 0.4) is 0 Å². The Labute approximate surface area is 43.7 Å². The van der Waals surface area contributed by atoms with Gasteiger partial charge in [-0.2, -0.15) is 0 Å². The zero-order valence-corrected chi connectivity index (χ0v) is 4.83. The molecule has 0 saturated heterocycles. The lowest BCUT2D eigenvalue weighted by Crippen LogP contribution is -1.79. The summed E-state index contributed by atoms with van der Waals surface area (Å²) < 4.78 is 3.32. The van der Waals surface area contributed by atoms with Crippen molar-refractivity contribution in [3.63, 3.8) is 0 Å². The molecule has 40 valence electrons. The Morgan fingerprint density at radius 2 is 1.83 bits per heavy atom. The molecule has 0 unspecified atom stereocenters.